The molecule has 4 heteroatoms. The second-order valence-corrected chi connectivity index (χ2v) is 4.63. The minimum absolute atomic E-state index is 0.341. The van der Waals surface area contributed by atoms with E-state index >= 15 is 0 Å². The molecule has 0 saturated carbocycles. The molecular formula is C15H28O4. The lowest BCUT2D eigenvalue weighted by Crippen LogP contribution is -2.12. The minimum Gasteiger partial charge on any atom is -0.379 e. The Balaban J connectivity index is 2.94. The molecule has 0 amide bonds. The average Bonchev–Trinajstić information content (AvgIpc) is 2.39. The first-order valence-corrected chi connectivity index (χ1v) is 7.01. The Labute approximate surface area is 117 Å². The van der Waals surface area contributed by atoms with E-state index in [0.717, 1.165) is 18.9 Å². The van der Waals surface area contributed by atoms with Crippen LogP contribution in [0, 0.1) is 18.3 Å². The lowest BCUT2D eigenvalue weighted by molar-refractivity contribution is 0.000752. The Hall–Kier alpha value is -0.600. The summed E-state index contributed by atoms with van der Waals surface area (Å²) in [5.74, 6) is 3.15. The van der Waals surface area contributed by atoms with Crippen LogP contribution in [0.15, 0.2) is 0 Å². The summed E-state index contributed by atoms with van der Waals surface area (Å²) in [7, 11) is 0. The van der Waals surface area contributed by atoms with Crippen molar-refractivity contribution in [1.29, 1.82) is 0 Å². The molecule has 0 radical (unpaired) electrons. The Morgan fingerprint density at radius 1 is 0.789 bits per heavy atom. The molecule has 0 aliphatic carbocycles. The van der Waals surface area contributed by atoms with Gasteiger partial charge in [0.1, 0.15) is 6.61 Å². The fourth-order valence-corrected chi connectivity index (χ4v) is 1.38. The van der Waals surface area contributed by atoms with E-state index in [1.165, 1.54) is 6.42 Å². The van der Waals surface area contributed by atoms with Crippen molar-refractivity contribution in [3.05, 3.63) is 0 Å². The van der Waals surface area contributed by atoms with Gasteiger partial charge in [-0.3, -0.25) is 0 Å². The number of terminal acetylenes is 1. The van der Waals surface area contributed by atoms with Crippen LogP contribution in [0.3, 0.4) is 0 Å². The lowest BCUT2D eigenvalue weighted by atomic mass is 10.1. The smallest absolute Gasteiger partial charge is 0.107 e. The summed E-state index contributed by atoms with van der Waals surface area (Å²) in [5.41, 5.74) is 0. The predicted molar refractivity (Wildman–Crippen MR) is 76.2 cm³/mol. The Morgan fingerprint density at radius 3 is 1.74 bits per heavy atom. The monoisotopic (exact) mass is 272 g/mol. The maximum Gasteiger partial charge on any atom is 0.107 e. The number of rotatable bonds is 14. The molecule has 0 atom stereocenters. The van der Waals surface area contributed by atoms with Gasteiger partial charge in [-0.2, -0.15) is 0 Å². The van der Waals surface area contributed by atoms with Crippen LogP contribution in [0.2, 0.25) is 0 Å². The van der Waals surface area contributed by atoms with Crippen molar-refractivity contribution in [2.75, 3.05) is 52.9 Å². The van der Waals surface area contributed by atoms with E-state index in [2.05, 4.69) is 19.8 Å². The molecule has 0 unspecified atom stereocenters. The second kappa shape index (κ2) is 15.5. The molecule has 112 valence electrons. The van der Waals surface area contributed by atoms with Gasteiger partial charge in [-0.25, -0.2) is 0 Å². The Bertz CT molecular complexity index is 211. The van der Waals surface area contributed by atoms with Crippen molar-refractivity contribution >= 4 is 0 Å². The van der Waals surface area contributed by atoms with Crippen LogP contribution < -0.4 is 0 Å². The van der Waals surface area contributed by atoms with Gasteiger partial charge in [0.05, 0.1) is 39.6 Å². The van der Waals surface area contributed by atoms with Crippen molar-refractivity contribution in [3.63, 3.8) is 0 Å². The predicted octanol–water partition coefficient (Wildman–Crippen LogP) is 2.12. The molecule has 0 saturated heterocycles. The maximum atomic E-state index is 5.45. The zero-order chi connectivity index (χ0) is 14.2. The van der Waals surface area contributed by atoms with E-state index < -0.39 is 0 Å². The summed E-state index contributed by atoms with van der Waals surface area (Å²) >= 11 is 0. The van der Waals surface area contributed by atoms with Crippen LogP contribution in [0.5, 0.6) is 0 Å². The first kappa shape index (κ1) is 18.4. The molecule has 0 aliphatic heterocycles. The number of ether oxygens (including phenoxy) is 4. The van der Waals surface area contributed by atoms with E-state index in [-0.39, 0.29) is 0 Å². The summed E-state index contributed by atoms with van der Waals surface area (Å²) in [6.07, 6.45) is 7.38. The third-order valence-corrected chi connectivity index (χ3v) is 2.37. The summed E-state index contributed by atoms with van der Waals surface area (Å²) < 4.78 is 21.2. The molecule has 0 aromatic rings. The second-order valence-electron chi connectivity index (χ2n) is 4.63. The highest BCUT2D eigenvalue weighted by molar-refractivity contribution is 4.82. The molecule has 0 spiro atoms. The lowest BCUT2D eigenvalue weighted by Gasteiger charge is -2.07. The van der Waals surface area contributed by atoms with Gasteiger partial charge in [0.15, 0.2) is 0 Å². The molecule has 0 N–H and O–H groups in total. The molecule has 4 nitrogen and oxygen atoms in total. The SMILES string of the molecule is C#CCOCCOCCOCCOCCCC(C)C. The molecular weight excluding hydrogens is 244 g/mol. The van der Waals surface area contributed by atoms with Crippen LogP contribution in [-0.4, -0.2) is 52.9 Å². The van der Waals surface area contributed by atoms with Crippen molar-refractivity contribution in [3.8, 4) is 12.3 Å². The van der Waals surface area contributed by atoms with Crippen molar-refractivity contribution in [2.45, 2.75) is 26.7 Å². The van der Waals surface area contributed by atoms with Crippen LogP contribution in [0.25, 0.3) is 0 Å². The molecule has 0 aromatic carbocycles. The third kappa shape index (κ3) is 17.4. The summed E-state index contributed by atoms with van der Waals surface area (Å²) in [6.45, 7) is 9.14. The maximum absolute atomic E-state index is 5.45. The quantitative estimate of drug-likeness (QED) is 0.358. The summed E-state index contributed by atoms with van der Waals surface area (Å²) in [6, 6.07) is 0. The van der Waals surface area contributed by atoms with Crippen LogP contribution >= 0.6 is 0 Å². The normalized spacial score (nSPS) is 10.8. The van der Waals surface area contributed by atoms with Crippen LogP contribution in [0.4, 0.5) is 0 Å². The van der Waals surface area contributed by atoms with Gasteiger partial charge in [0.25, 0.3) is 0 Å². The molecule has 0 aromatic heterocycles. The van der Waals surface area contributed by atoms with Gasteiger partial charge in [-0.1, -0.05) is 19.8 Å². The van der Waals surface area contributed by atoms with Crippen LogP contribution in [0.1, 0.15) is 26.7 Å². The molecule has 19 heavy (non-hydrogen) atoms. The van der Waals surface area contributed by atoms with Crippen molar-refractivity contribution in [2.24, 2.45) is 5.92 Å². The van der Waals surface area contributed by atoms with E-state index in [9.17, 15) is 0 Å². The van der Waals surface area contributed by atoms with Gasteiger partial charge >= 0.3 is 0 Å². The zero-order valence-corrected chi connectivity index (χ0v) is 12.4. The van der Waals surface area contributed by atoms with Crippen LogP contribution in [-0.2, 0) is 18.9 Å². The number of hydrogen-bond acceptors (Lipinski definition) is 4. The first-order valence-electron chi connectivity index (χ1n) is 7.01. The Kier molecular flexibility index (Phi) is 15.0. The third-order valence-electron chi connectivity index (χ3n) is 2.37. The molecule has 0 fully saturated rings. The average molecular weight is 272 g/mol. The number of hydrogen-bond donors (Lipinski definition) is 0. The first-order chi connectivity index (χ1) is 9.27. The fraction of sp³-hybridized carbons (Fsp3) is 0.867. The van der Waals surface area contributed by atoms with Gasteiger partial charge in [0, 0.05) is 6.61 Å². The largest absolute Gasteiger partial charge is 0.379 e. The van der Waals surface area contributed by atoms with Crippen molar-refractivity contribution < 1.29 is 18.9 Å². The standard InChI is InChI=1S/C15H28O4/c1-4-7-16-9-11-18-13-14-19-12-10-17-8-5-6-15(2)3/h1,15H,5-14H2,2-3H3. The van der Waals surface area contributed by atoms with Gasteiger partial charge < -0.3 is 18.9 Å². The summed E-state index contributed by atoms with van der Waals surface area (Å²) in [4.78, 5) is 0. The molecule has 0 heterocycles. The van der Waals surface area contributed by atoms with E-state index in [1.807, 2.05) is 0 Å². The highest BCUT2D eigenvalue weighted by Crippen LogP contribution is 2.02. The summed E-state index contributed by atoms with van der Waals surface area (Å²) in [5, 5.41) is 0. The van der Waals surface area contributed by atoms with E-state index in [1.54, 1.807) is 0 Å². The highest BCUT2D eigenvalue weighted by Gasteiger charge is 1.95. The van der Waals surface area contributed by atoms with Gasteiger partial charge in [0.2, 0.25) is 0 Å². The minimum atomic E-state index is 0.341. The van der Waals surface area contributed by atoms with E-state index in [4.69, 9.17) is 25.4 Å². The zero-order valence-electron chi connectivity index (χ0n) is 12.4. The Morgan fingerprint density at radius 2 is 1.26 bits per heavy atom. The highest BCUT2D eigenvalue weighted by atomic mass is 16.6. The van der Waals surface area contributed by atoms with Gasteiger partial charge in [-0.15, -0.1) is 6.42 Å². The fourth-order valence-electron chi connectivity index (χ4n) is 1.38. The molecule has 0 aliphatic rings. The topological polar surface area (TPSA) is 36.9 Å². The van der Waals surface area contributed by atoms with Gasteiger partial charge in [-0.05, 0) is 18.8 Å². The van der Waals surface area contributed by atoms with Crippen molar-refractivity contribution in [1.82, 2.24) is 0 Å². The molecule has 0 rings (SSSR count). The molecule has 0 bridgehead atoms. The van der Waals surface area contributed by atoms with E-state index in [0.29, 0.717) is 46.2 Å².